The average molecular weight is 396 g/mol. The van der Waals surface area contributed by atoms with Gasteiger partial charge in [0.05, 0.1) is 4.90 Å². The van der Waals surface area contributed by atoms with Crippen molar-refractivity contribution in [2.45, 2.75) is 22.7 Å². The van der Waals surface area contributed by atoms with E-state index in [4.69, 9.17) is 0 Å². The van der Waals surface area contributed by atoms with Gasteiger partial charge in [0.1, 0.15) is 0 Å². The fourth-order valence-electron chi connectivity index (χ4n) is 1.28. The Kier molecular flexibility index (Phi) is 4.31. The van der Waals surface area contributed by atoms with Crippen molar-refractivity contribution in [3.05, 3.63) is 27.7 Å². The van der Waals surface area contributed by atoms with E-state index in [2.05, 4.69) is 31.9 Å². The van der Waals surface area contributed by atoms with Gasteiger partial charge in [-0.25, -0.2) is 8.42 Å². The van der Waals surface area contributed by atoms with Gasteiger partial charge in [0, 0.05) is 9.80 Å². The van der Waals surface area contributed by atoms with Crippen molar-refractivity contribution >= 4 is 41.7 Å². The number of benzene rings is 1. The van der Waals surface area contributed by atoms with Crippen LogP contribution >= 0.6 is 31.9 Å². The van der Waals surface area contributed by atoms with E-state index in [1.54, 1.807) is 0 Å². The van der Waals surface area contributed by atoms with Crippen LogP contribution in [0.25, 0.3) is 0 Å². The number of halogens is 5. The number of alkyl halides is 4. The topological polar surface area (TPSA) is 34.1 Å². The lowest BCUT2D eigenvalue weighted by Crippen LogP contribution is -2.24. The zero-order valence-corrected chi connectivity index (χ0v) is 12.5. The number of hydrogen-bond donors (Lipinski definition) is 0. The molecule has 1 aromatic carbocycles. The van der Waals surface area contributed by atoms with Gasteiger partial charge in [0.25, 0.3) is 9.84 Å². The Bertz CT molecular complexity index is 538. The highest BCUT2D eigenvalue weighted by atomic mass is 79.9. The number of sulfone groups is 1. The van der Waals surface area contributed by atoms with Gasteiger partial charge in [-0.05, 0) is 30.2 Å². The molecule has 0 heterocycles. The molecule has 0 aliphatic rings. The van der Waals surface area contributed by atoms with Crippen LogP contribution in [0.2, 0.25) is 0 Å². The Morgan fingerprint density at radius 3 is 2.24 bits per heavy atom. The average Bonchev–Trinajstić information content (AvgIpc) is 2.16. The Labute approximate surface area is 113 Å². The quantitative estimate of drug-likeness (QED) is 0.710. The summed E-state index contributed by atoms with van der Waals surface area (Å²) in [6.07, 6.45) is 0. The first-order valence-electron chi connectivity index (χ1n) is 4.28. The summed E-state index contributed by atoms with van der Waals surface area (Å²) in [6.45, 7) is 1.35. The molecule has 8 heteroatoms. The van der Waals surface area contributed by atoms with Crippen LogP contribution < -0.4 is 0 Å². The summed E-state index contributed by atoms with van der Waals surface area (Å²) >= 11 is 6.26. The van der Waals surface area contributed by atoms with Crippen LogP contribution in [0.1, 0.15) is 11.1 Å². The van der Waals surface area contributed by atoms with E-state index < -0.39 is 20.2 Å². The van der Waals surface area contributed by atoms with Gasteiger partial charge in [-0.1, -0.05) is 31.9 Å². The second kappa shape index (κ2) is 4.89. The number of hydrogen-bond acceptors (Lipinski definition) is 2. The van der Waals surface area contributed by atoms with Crippen LogP contribution in [0.4, 0.5) is 13.2 Å². The van der Waals surface area contributed by atoms with Crippen molar-refractivity contribution in [3.63, 3.8) is 0 Å². The highest BCUT2D eigenvalue weighted by Crippen LogP contribution is 2.35. The molecule has 2 nitrogen and oxygen atoms in total. The predicted molar refractivity (Wildman–Crippen MR) is 64.8 cm³/mol. The normalized spacial score (nSPS) is 12.8. The van der Waals surface area contributed by atoms with E-state index in [1.807, 2.05) is 0 Å². The molecule has 0 unspecified atom stereocenters. The lowest BCUT2D eigenvalue weighted by molar-refractivity contribution is -0.0436. The minimum atomic E-state index is -5.30. The molecule has 0 atom stereocenters. The molecule has 0 amide bonds. The summed E-state index contributed by atoms with van der Waals surface area (Å²) in [5.41, 5.74) is -4.71. The molecular weight excluding hydrogens is 389 g/mol. The maximum atomic E-state index is 12.4. The van der Waals surface area contributed by atoms with Crippen molar-refractivity contribution in [2.24, 2.45) is 0 Å². The second-order valence-corrected chi connectivity index (χ2v) is 6.56. The summed E-state index contributed by atoms with van der Waals surface area (Å²) in [5, 5.41) is 0.265. The maximum Gasteiger partial charge on any atom is 0.501 e. The Hall–Kier alpha value is -0.0800. The van der Waals surface area contributed by atoms with Gasteiger partial charge in [-0.3, -0.25) is 0 Å². The van der Waals surface area contributed by atoms with Gasteiger partial charge >= 0.3 is 5.51 Å². The zero-order chi connectivity index (χ0) is 13.4. The first-order chi connectivity index (χ1) is 7.63. The molecule has 0 fully saturated rings. The minimum absolute atomic E-state index is 0.0913. The van der Waals surface area contributed by atoms with E-state index in [9.17, 15) is 21.6 Å². The third-order valence-corrected chi connectivity index (χ3v) is 5.15. The Morgan fingerprint density at radius 2 is 1.82 bits per heavy atom. The van der Waals surface area contributed by atoms with E-state index in [0.29, 0.717) is 10.0 Å². The fourth-order valence-corrected chi connectivity index (χ4v) is 3.97. The molecule has 0 saturated heterocycles. The molecule has 17 heavy (non-hydrogen) atoms. The van der Waals surface area contributed by atoms with Crippen LogP contribution in [0.3, 0.4) is 0 Å². The standard InChI is InChI=1S/C9H7Br2F3O2S/c1-5-6(4-10)7(11)2-3-8(5)17(15,16)9(12,13)14/h2-3H,4H2,1H3. The van der Waals surface area contributed by atoms with Crippen LogP contribution in [0.5, 0.6) is 0 Å². The van der Waals surface area contributed by atoms with Crippen LogP contribution in [0.15, 0.2) is 21.5 Å². The lowest BCUT2D eigenvalue weighted by atomic mass is 10.1. The zero-order valence-electron chi connectivity index (χ0n) is 8.48. The Morgan fingerprint density at radius 1 is 1.29 bits per heavy atom. The molecule has 0 saturated carbocycles. The molecule has 1 aromatic rings. The molecule has 0 spiro atoms. The summed E-state index contributed by atoms with van der Waals surface area (Å²) in [7, 11) is -5.30. The van der Waals surface area contributed by atoms with Crippen molar-refractivity contribution in [2.75, 3.05) is 0 Å². The smallest absolute Gasteiger partial charge is 0.214 e. The van der Waals surface area contributed by atoms with Gasteiger partial charge in [-0.15, -0.1) is 0 Å². The minimum Gasteiger partial charge on any atom is -0.214 e. The van der Waals surface area contributed by atoms with Gasteiger partial charge < -0.3 is 0 Å². The molecule has 1 rings (SSSR count). The Balaban J connectivity index is 3.56. The molecule has 96 valence electrons. The molecule has 0 radical (unpaired) electrons. The monoisotopic (exact) mass is 394 g/mol. The molecular formula is C9H7Br2F3O2S. The van der Waals surface area contributed by atoms with Crippen molar-refractivity contribution in [1.82, 2.24) is 0 Å². The third-order valence-electron chi connectivity index (χ3n) is 2.22. The molecule has 0 bridgehead atoms. The van der Waals surface area contributed by atoms with E-state index in [0.717, 1.165) is 6.07 Å². The summed E-state index contributed by atoms with van der Waals surface area (Å²) in [5.74, 6) is 0. The molecule has 0 aromatic heterocycles. The predicted octanol–water partition coefficient (Wildman–Crippen LogP) is 3.95. The highest BCUT2D eigenvalue weighted by molar-refractivity contribution is 9.10. The van der Waals surface area contributed by atoms with Gasteiger partial charge in [0.2, 0.25) is 0 Å². The molecule has 0 aliphatic carbocycles. The van der Waals surface area contributed by atoms with E-state index in [1.165, 1.54) is 13.0 Å². The van der Waals surface area contributed by atoms with Crippen LogP contribution in [0, 0.1) is 6.92 Å². The third kappa shape index (κ3) is 2.68. The van der Waals surface area contributed by atoms with Crippen LogP contribution in [-0.4, -0.2) is 13.9 Å². The summed E-state index contributed by atoms with van der Waals surface area (Å²) < 4.78 is 60.4. The van der Waals surface area contributed by atoms with Crippen LogP contribution in [-0.2, 0) is 15.2 Å². The first-order valence-corrected chi connectivity index (χ1v) is 7.68. The maximum absolute atomic E-state index is 12.4. The van der Waals surface area contributed by atoms with Crippen molar-refractivity contribution in [1.29, 1.82) is 0 Å². The second-order valence-electron chi connectivity index (χ2n) is 3.23. The lowest BCUT2D eigenvalue weighted by Gasteiger charge is -2.13. The number of rotatable bonds is 2. The molecule has 0 aliphatic heterocycles. The largest absolute Gasteiger partial charge is 0.501 e. The summed E-state index contributed by atoms with van der Waals surface area (Å²) in [6, 6.07) is 2.25. The highest BCUT2D eigenvalue weighted by Gasteiger charge is 2.47. The first kappa shape index (κ1) is 15.0. The summed E-state index contributed by atoms with van der Waals surface area (Å²) in [4.78, 5) is -0.706. The van der Waals surface area contributed by atoms with Crippen molar-refractivity contribution < 1.29 is 21.6 Å². The van der Waals surface area contributed by atoms with Gasteiger partial charge in [0.15, 0.2) is 0 Å². The van der Waals surface area contributed by atoms with E-state index in [-0.39, 0.29) is 10.9 Å². The van der Waals surface area contributed by atoms with Crippen molar-refractivity contribution in [3.8, 4) is 0 Å². The van der Waals surface area contributed by atoms with Gasteiger partial charge in [-0.2, -0.15) is 13.2 Å². The van der Waals surface area contributed by atoms with E-state index >= 15 is 0 Å². The fraction of sp³-hybridized carbons (Fsp3) is 0.333. The SMILES string of the molecule is Cc1c(S(=O)(=O)C(F)(F)F)ccc(Br)c1CBr. The molecule has 0 N–H and O–H groups in total.